The SMILES string of the molecule is Cc1ccnc(N2c3[c-]c(-c4ccc5c(-c6c(C(C)C)cc(C(C)C)cc6C(C)C)cc(-c6ccccc6)c(O)c5n4)ccc3C(C)(C)c3ccccc32)c1.[Pd]. The van der Waals surface area contributed by atoms with Crippen LogP contribution in [0.4, 0.5) is 17.2 Å². The van der Waals surface area contributed by atoms with Crippen molar-refractivity contribution >= 4 is 28.1 Å². The summed E-state index contributed by atoms with van der Waals surface area (Å²) in [5.41, 5.74) is 15.6. The standard InChI is InChI=1S/C51H50N3O.Pd/c1-30(2)36-26-38(31(3)4)48(39(27-36)32(5)6)41-29-40(34-15-11-10-12-16-34)50(55)49-37(41)20-22-44(53-49)35-19-21-43-46(28-35)54(47-25-33(7)23-24-52-47)45-18-14-13-17-42(45)51(43,8)9;/h10-27,29-32,55H,1-9H3;/q-1;. The van der Waals surface area contributed by atoms with E-state index in [1.807, 2.05) is 30.5 Å². The minimum Gasteiger partial charge on any atom is -0.505 e. The second-order valence-electron chi connectivity index (χ2n) is 16.6. The molecule has 0 saturated carbocycles. The molecule has 0 atom stereocenters. The topological polar surface area (TPSA) is 49.2 Å². The van der Waals surface area contributed by atoms with Gasteiger partial charge >= 0.3 is 0 Å². The van der Waals surface area contributed by atoms with Crippen LogP contribution in [0.1, 0.15) is 107 Å². The van der Waals surface area contributed by atoms with Crippen molar-refractivity contribution in [3.8, 4) is 39.3 Å². The van der Waals surface area contributed by atoms with Crippen molar-refractivity contribution in [1.82, 2.24) is 9.97 Å². The van der Waals surface area contributed by atoms with Crippen molar-refractivity contribution in [3.05, 3.63) is 155 Å². The molecule has 1 aliphatic rings. The van der Waals surface area contributed by atoms with Crippen LogP contribution in [0.3, 0.4) is 0 Å². The van der Waals surface area contributed by atoms with Crippen molar-refractivity contribution in [3.63, 3.8) is 0 Å². The van der Waals surface area contributed by atoms with Crippen LogP contribution in [0, 0.1) is 13.0 Å². The number of anilines is 3. The minimum absolute atomic E-state index is 0. The molecule has 56 heavy (non-hydrogen) atoms. The van der Waals surface area contributed by atoms with Gasteiger partial charge in [0, 0.05) is 43.3 Å². The predicted octanol–water partition coefficient (Wildman–Crippen LogP) is 13.9. The number of para-hydroxylation sites is 1. The molecule has 0 bridgehead atoms. The number of fused-ring (bicyclic) bond motifs is 3. The zero-order valence-corrected chi connectivity index (χ0v) is 35.4. The maximum Gasteiger partial charge on any atom is 0.148 e. The zero-order valence-electron chi connectivity index (χ0n) is 33.8. The number of aromatic nitrogens is 2. The van der Waals surface area contributed by atoms with Gasteiger partial charge in [0.1, 0.15) is 17.1 Å². The van der Waals surface area contributed by atoms with Gasteiger partial charge in [-0.3, -0.25) is 4.98 Å². The Hall–Kier alpha value is -5.08. The molecule has 5 heteroatoms. The molecule has 0 saturated heterocycles. The first kappa shape index (κ1) is 39.2. The molecule has 7 aromatic rings. The summed E-state index contributed by atoms with van der Waals surface area (Å²) in [6.07, 6.45) is 1.87. The summed E-state index contributed by atoms with van der Waals surface area (Å²) in [5, 5.41) is 13.1. The smallest absolute Gasteiger partial charge is 0.148 e. The second-order valence-corrected chi connectivity index (χ2v) is 16.6. The molecule has 286 valence electrons. The summed E-state index contributed by atoms with van der Waals surface area (Å²) in [4.78, 5) is 12.4. The number of hydrogen-bond donors (Lipinski definition) is 1. The number of phenols is 1. The van der Waals surface area contributed by atoms with Crippen molar-refractivity contribution in [2.75, 3.05) is 4.90 Å². The molecule has 0 spiro atoms. The van der Waals surface area contributed by atoms with Gasteiger partial charge in [-0.2, -0.15) is 0 Å². The molecular weight excluding hydrogens is 777 g/mol. The van der Waals surface area contributed by atoms with Gasteiger partial charge in [0.15, 0.2) is 0 Å². The summed E-state index contributed by atoms with van der Waals surface area (Å²) in [6.45, 7) is 20.3. The maximum absolute atomic E-state index is 12.2. The number of aromatic hydroxyl groups is 1. The summed E-state index contributed by atoms with van der Waals surface area (Å²) in [5.74, 6) is 2.04. The van der Waals surface area contributed by atoms with E-state index in [-0.39, 0.29) is 31.6 Å². The van der Waals surface area contributed by atoms with Crippen LogP contribution < -0.4 is 4.90 Å². The first-order chi connectivity index (χ1) is 26.3. The zero-order chi connectivity index (χ0) is 38.8. The normalized spacial score (nSPS) is 13.2. The number of pyridine rings is 2. The monoisotopic (exact) mass is 826 g/mol. The first-order valence-electron chi connectivity index (χ1n) is 19.6. The summed E-state index contributed by atoms with van der Waals surface area (Å²) in [7, 11) is 0. The molecule has 8 rings (SSSR count). The molecule has 2 aromatic heterocycles. The van der Waals surface area contributed by atoms with Crippen LogP contribution in [-0.2, 0) is 25.8 Å². The van der Waals surface area contributed by atoms with Crippen molar-refractivity contribution in [2.45, 2.75) is 85.5 Å². The summed E-state index contributed by atoms with van der Waals surface area (Å²) < 4.78 is 0. The van der Waals surface area contributed by atoms with E-state index in [2.05, 4.69) is 158 Å². The van der Waals surface area contributed by atoms with Gasteiger partial charge in [0.2, 0.25) is 0 Å². The van der Waals surface area contributed by atoms with Gasteiger partial charge in [0.25, 0.3) is 0 Å². The third kappa shape index (κ3) is 6.66. The Morgan fingerprint density at radius 1 is 0.696 bits per heavy atom. The fourth-order valence-corrected chi connectivity index (χ4v) is 8.39. The van der Waals surface area contributed by atoms with Gasteiger partial charge in [-0.1, -0.05) is 134 Å². The van der Waals surface area contributed by atoms with Crippen LogP contribution in [0.2, 0.25) is 0 Å². The number of benzene rings is 5. The molecular formula is C51H50N3OPd-. The third-order valence-corrected chi connectivity index (χ3v) is 11.5. The van der Waals surface area contributed by atoms with Gasteiger partial charge in [-0.25, -0.2) is 4.98 Å². The fraction of sp³-hybridized carbons (Fsp3) is 0.255. The van der Waals surface area contributed by atoms with E-state index in [4.69, 9.17) is 9.97 Å². The number of phenolic OH excluding ortho intramolecular Hbond substituents is 1. The molecule has 0 amide bonds. The number of nitrogens with zero attached hydrogens (tertiary/aromatic N) is 3. The summed E-state index contributed by atoms with van der Waals surface area (Å²) >= 11 is 0. The Balaban J connectivity index is 0.00000480. The average molecular weight is 827 g/mol. The Morgan fingerprint density at radius 3 is 2.04 bits per heavy atom. The summed E-state index contributed by atoms with van der Waals surface area (Å²) in [6, 6.07) is 42.3. The van der Waals surface area contributed by atoms with Crippen molar-refractivity contribution < 1.29 is 25.5 Å². The van der Waals surface area contributed by atoms with E-state index in [1.54, 1.807) is 0 Å². The van der Waals surface area contributed by atoms with Crippen LogP contribution in [0.15, 0.2) is 115 Å². The third-order valence-electron chi connectivity index (χ3n) is 11.5. The van der Waals surface area contributed by atoms with E-state index in [9.17, 15) is 5.11 Å². The quantitative estimate of drug-likeness (QED) is 0.128. The Morgan fingerprint density at radius 2 is 1.38 bits per heavy atom. The van der Waals surface area contributed by atoms with Crippen LogP contribution in [0.25, 0.3) is 44.4 Å². The molecule has 0 radical (unpaired) electrons. The number of hydrogen-bond acceptors (Lipinski definition) is 4. The maximum atomic E-state index is 12.2. The number of rotatable bonds is 7. The molecule has 0 unspecified atom stereocenters. The van der Waals surface area contributed by atoms with E-state index in [0.29, 0.717) is 23.3 Å². The van der Waals surface area contributed by atoms with Gasteiger partial charge in [-0.05, 0) is 110 Å². The second kappa shape index (κ2) is 15.1. The Labute approximate surface area is 346 Å². The first-order valence-corrected chi connectivity index (χ1v) is 19.6. The van der Waals surface area contributed by atoms with E-state index in [1.165, 1.54) is 33.4 Å². The van der Waals surface area contributed by atoms with E-state index < -0.39 is 0 Å². The van der Waals surface area contributed by atoms with E-state index in [0.717, 1.165) is 56.1 Å². The van der Waals surface area contributed by atoms with Crippen molar-refractivity contribution in [1.29, 1.82) is 0 Å². The van der Waals surface area contributed by atoms with Crippen molar-refractivity contribution in [2.24, 2.45) is 0 Å². The van der Waals surface area contributed by atoms with Gasteiger partial charge < -0.3 is 10.0 Å². The molecule has 1 aliphatic heterocycles. The van der Waals surface area contributed by atoms with Crippen LogP contribution in [-0.4, -0.2) is 15.1 Å². The largest absolute Gasteiger partial charge is 0.505 e. The Kier molecular flexibility index (Phi) is 10.6. The fourth-order valence-electron chi connectivity index (χ4n) is 8.39. The predicted molar refractivity (Wildman–Crippen MR) is 230 cm³/mol. The molecule has 1 N–H and O–H groups in total. The Bertz CT molecular complexity index is 2560. The molecule has 0 aliphatic carbocycles. The van der Waals surface area contributed by atoms with Crippen LogP contribution >= 0.6 is 0 Å². The van der Waals surface area contributed by atoms with Gasteiger partial charge in [-0.15, -0.1) is 23.8 Å². The van der Waals surface area contributed by atoms with E-state index >= 15 is 0 Å². The molecule has 3 heterocycles. The molecule has 5 aromatic carbocycles. The van der Waals surface area contributed by atoms with Gasteiger partial charge in [0.05, 0.1) is 0 Å². The molecule has 4 nitrogen and oxygen atoms in total. The minimum atomic E-state index is -0.261. The molecule has 0 fully saturated rings. The average Bonchev–Trinajstić information content (AvgIpc) is 3.18. The number of aryl methyl sites for hydroxylation is 1. The van der Waals surface area contributed by atoms with Crippen LogP contribution in [0.5, 0.6) is 5.75 Å².